The number of hydrogen-bond acceptors (Lipinski definition) is 2. The SMILES string of the molecule is CCc1ccccc1OC1CC(Br)C1OC. The molecular weight excluding hydrogens is 268 g/mol. The van der Waals surface area contributed by atoms with Crippen LogP contribution in [0, 0.1) is 0 Å². The van der Waals surface area contributed by atoms with E-state index in [-0.39, 0.29) is 12.2 Å². The first-order valence-electron chi connectivity index (χ1n) is 5.67. The van der Waals surface area contributed by atoms with Crippen LogP contribution >= 0.6 is 15.9 Å². The van der Waals surface area contributed by atoms with Gasteiger partial charge in [0, 0.05) is 18.4 Å². The largest absolute Gasteiger partial charge is 0.487 e. The van der Waals surface area contributed by atoms with E-state index in [2.05, 4.69) is 28.9 Å². The number of halogens is 1. The van der Waals surface area contributed by atoms with E-state index in [9.17, 15) is 0 Å². The van der Waals surface area contributed by atoms with E-state index in [1.54, 1.807) is 7.11 Å². The van der Waals surface area contributed by atoms with Gasteiger partial charge in [-0.25, -0.2) is 0 Å². The summed E-state index contributed by atoms with van der Waals surface area (Å²) >= 11 is 3.57. The molecule has 1 fully saturated rings. The number of alkyl halides is 1. The van der Waals surface area contributed by atoms with Crippen molar-refractivity contribution < 1.29 is 9.47 Å². The lowest BCUT2D eigenvalue weighted by Gasteiger charge is -2.40. The summed E-state index contributed by atoms with van der Waals surface area (Å²) in [4.78, 5) is 0.427. The van der Waals surface area contributed by atoms with Gasteiger partial charge in [-0.15, -0.1) is 0 Å². The van der Waals surface area contributed by atoms with Crippen molar-refractivity contribution in [2.75, 3.05) is 7.11 Å². The van der Waals surface area contributed by atoms with E-state index in [0.29, 0.717) is 4.83 Å². The van der Waals surface area contributed by atoms with Gasteiger partial charge >= 0.3 is 0 Å². The molecule has 0 aliphatic heterocycles. The molecule has 3 unspecified atom stereocenters. The molecule has 0 N–H and O–H groups in total. The molecule has 2 rings (SSSR count). The van der Waals surface area contributed by atoms with Gasteiger partial charge in [-0.05, 0) is 18.1 Å². The van der Waals surface area contributed by atoms with Crippen LogP contribution in [0.25, 0.3) is 0 Å². The zero-order valence-electron chi connectivity index (χ0n) is 9.65. The van der Waals surface area contributed by atoms with Crippen molar-refractivity contribution in [3.8, 4) is 5.75 Å². The van der Waals surface area contributed by atoms with Gasteiger partial charge < -0.3 is 9.47 Å². The van der Waals surface area contributed by atoms with Gasteiger partial charge in [-0.1, -0.05) is 41.1 Å². The molecule has 0 bridgehead atoms. The summed E-state index contributed by atoms with van der Waals surface area (Å²) in [6.45, 7) is 2.14. The number of benzene rings is 1. The van der Waals surface area contributed by atoms with Crippen LogP contribution in [-0.4, -0.2) is 24.1 Å². The van der Waals surface area contributed by atoms with Crippen molar-refractivity contribution >= 4 is 15.9 Å². The first kappa shape index (κ1) is 11.9. The van der Waals surface area contributed by atoms with Gasteiger partial charge in [0.1, 0.15) is 18.0 Å². The highest BCUT2D eigenvalue weighted by molar-refractivity contribution is 9.09. The minimum absolute atomic E-state index is 0.171. The van der Waals surface area contributed by atoms with E-state index in [4.69, 9.17) is 9.47 Å². The Morgan fingerprint density at radius 2 is 2.12 bits per heavy atom. The van der Waals surface area contributed by atoms with Crippen LogP contribution in [-0.2, 0) is 11.2 Å². The van der Waals surface area contributed by atoms with Gasteiger partial charge in [-0.3, -0.25) is 0 Å². The molecule has 0 saturated heterocycles. The molecule has 3 heteroatoms. The Balaban J connectivity index is 2.04. The average molecular weight is 285 g/mol. The fourth-order valence-corrected chi connectivity index (χ4v) is 2.94. The number of ether oxygens (including phenoxy) is 2. The van der Waals surface area contributed by atoms with Crippen LogP contribution in [0.3, 0.4) is 0 Å². The van der Waals surface area contributed by atoms with Crippen LogP contribution in [0.5, 0.6) is 5.75 Å². The topological polar surface area (TPSA) is 18.5 Å². The molecule has 0 radical (unpaired) electrons. The Kier molecular flexibility index (Phi) is 3.87. The number of para-hydroxylation sites is 1. The standard InChI is InChI=1S/C13H17BrO2/c1-3-9-6-4-5-7-11(9)16-12-8-10(14)13(12)15-2/h4-7,10,12-13H,3,8H2,1-2H3. The van der Waals surface area contributed by atoms with Crippen molar-refractivity contribution in [1.29, 1.82) is 0 Å². The fourth-order valence-electron chi connectivity index (χ4n) is 2.02. The summed E-state index contributed by atoms with van der Waals surface area (Å²) in [7, 11) is 1.74. The maximum absolute atomic E-state index is 5.99. The minimum Gasteiger partial charge on any atom is -0.487 e. The smallest absolute Gasteiger partial charge is 0.127 e. The van der Waals surface area contributed by atoms with Crippen LogP contribution in [0.1, 0.15) is 18.9 Å². The van der Waals surface area contributed by atoms with Crippen molar-refractivity contribution in [2.24, 2.45) is 0 Å². The minimum atomic E-state index is 0.171. The third kappa shape index (κ3) is 2.25. The summed E-state index contributed by atoms with van der Waals surface area (Å²) in [5.41, 5.74) is 1.26. The second-order valence-electron chi connectivity index (χ2n) is 4.07. The van der Waals surface area contributed by atoms with E-state index in [0.717, 1.165) is 18.6 Å². The van der Waals surface area contributed by atoms with E-state index < -0.39 is 0 Å². The number of rotatable bonds is 4. The van der Waals surface area contributed by atoms with Crippen LogP contribution in [0.4, 0.5) is 0 Å². The second kappa shape index (κ2) is 5.19. The number of methoxy groups -OCH3 is 1. The van der Waals surface area contributed by atoms with Gasteiger partial charge in [-0.2, -0.15) is 0 Å². The lowest BCUT2D eigenvalue weighted by Crippen LogP contribution is -2.51. The molecule has 1 aromatic rings. The summed E-state index contributed by atoms with van der Waals surface area (Å²) in [6.07, 6.45) is 2.36. The quantitative estimate of drug-likeness (QED) is 0.791. The molecule has 1 aliphatic carbocycles. The normalized spacial score (nSPS) is 28.6. The molecule has 0 spiro atoms. The Bertz CT molecular complexity index is 354. The molecule has 0 heterocycles. The molecule has 0 aromatic heterocycles. The highest BCUT2D eigenvalue weighted by atomic mass is 79.9. The highest BCUT2D eigenvalue weighted by Crippen LogP contribution is 2.34. The Morgan fingerprint density at radius 1 is 1.38 bits per heavy atom. The first-order chi connectivity index (χ1) is 7.76. The number of aryl methyl sites for hydroxylation is 1. The fraction of sp³-hybridized carbons (Fsp3) is 0.538. The molecule has 1 aromatic carbocycles. The van der Waals surface area contributed by atoms with Gasteiger partial charge in [0.25, 0.3) is 0 Å². The maximum atomic E-state index is 5.99. The molecule has 0 amide bonds. The summed E-state index contributed by atoms with van der Waals surface area (Å²) in [6, 6.07) is 8.21. The zero-order valence-corrected chi connectivity index (χ0v) is 11.2. The van der Waals surface area contributed by atoms with Crippen molar-refractivity contribution in [2.45, 2.75) is 36.8 Å². The number of hydrogen-bond donors (Lipinski definition) is 0. The third-order valence-corrected chi connectivity index (χ3v) is 3.98. The third-order valence-electron chi connectivity index (χ3n) is 3.08. The van der Waals surface area contributed by atoms with Crippen LogP contribution in [0.2, 0.25) is 0 Å². The lowest BCUT2D eigenvalue weighted by molar-refractivity contribution is -0.0548. The van der Waals surface area contributed by atoms with E-state index in [1.807, 2.05) is 18.2 Å². The first-order valence-corrected chi connectivity index (χ1v) is 6.59. The second-order valence-corrected chi connectivity index (χ2v) is 5.25. The summed E-state index contributed by atoms with van der Waals surface area (Å²) in [5.74, 6) is 0.997. The van der Waals surface area contributed by atoms with E-state index in [1.165, 1.54) is 5.56 Å². The summed E-state index contributed by atoms with van der Waals surface area (Å²) in [5, 5.41) is 0. The predicted octanol–water partition coefficient (Wildman–Crippen LogP) is 3.18. The van der Waals surface area contributed by atoms with Gasteiger partial charge in [0.2, 0.25) is 0 Å². The molecule has 1 aliphatic rings. The molecule has 88 valence electrons. The van der Waals surface area contributed by atoms with Crippen molar-refractivity contribution in [3.05, 3.63) is 29.8 Å². The Labute approximate surface area is 105 Å². The van der Waals surface area contributed by atoms with Crippen LogP contribution < -0.4 is 4.74 Å². The monoisotopic (exact) mass is 284 g/mol. The molecule has 16 heavy (non-hydrogen) atoms. The maximum Gasteiger partial charge on any atom is 0.127 e. The van der Waals surface area contributed by atoms with Crippen molar-refractivity contribution in [3.63, 3.8) is 0 Å². The van der Waals surface area contributed by atoms with E-state index >= 15 is 0 Å². The highest BCUT2D eigenvalue weighted by Gasteiger charge is 2.41. The molecule has 3 atom stereocenters. The summed E-state index contributed by atoms with van der Waals surface area (Å²) < 4.78 is 11.4. The lowest BCUT2D eigenvalue weighted by atomic mass is 9.91. The average Bonchev–Trinajstić information content (AvgIpc) is 2.29. The molecule has 2 nitrogen and oxygen atoms in total. The van der Waals surface area contributed by atoms with Crippen LogP contribution in [0.15, 0.2) is 24.3 Å². The zero-order chi connectivity index (χ0) is 11.5. The van der Waals surface area contributed by atoms with Crippen molar-refractivity contribution in [1.82, 2.24) is 0 Å². The molecule has 1 saturated carbocycles. The van der Waals surface area contributed by atoms with Gasteiger partial charge in [0.05, 0.1) is 0 Å². The predicted molar refractivity (Wildman–Crippen MR) is 68.4 cm³/mol. The molecular formula is C13H17BrO2. The Morgan fingerprint density at radius 3 is 2.75 bits per heavy atom. The van der Waals surface area contributed by atoms with Gasteiger partial charge in [0.15, 0.2) is 0 Å². The Hall–Kier alpha value is -0.540.